The average molecular weight is 589 g/mol. The van der Waals surface area contributed by atoms with Gasteiger partial charge in [-0.2, -0.15) is 0 Å². The highest BCUT2D eigenvalue weighted by Gasteiger charge is 2.65. The molecule has 3 aromatic rings. The summed E-state index contributed by atoms with van der Waals surface area (Å²) in [6.45, 7) is 9.52. The molecule has 6 rings (SSSR count). The van der Waals surface area contributed by atoms with E-state index >= 15 is 0 Å². The van der Waals surface area contributed by atoms with Gasteiger partial charge in [0.15, 0.2) is 5.78 Å². The zero-order chi connectivity index (χ0) is 31.3. The van der Waals surface area contributed by atoms with Crippen LogP contribution in [0.5, 0.6) is 0 Å². The first-order valence-electron chi connectivity index (χ1n) is 15.4. The van der Waals surface area contributed by atoms with E-state index in [0.717, 1.165) is 16.7 Å². The van der Waals surface area contributed by atoms with Crippen molar-refractivity contribution in [2.45, 2.75) is 50.4 Å². The average Bonchev–Trinajstić information content (AvgIpc) is 3.19. The van der Waals surface area contributed by atoms with Crippen LogP contribution in [0.1, 0.15) is 50.3 Å². The van der Waals surface area contributed by atoms with Crippen LogP contribution in [0.3, 0.4) is 0 Å². The standard InChI is InChI=1S/C39H40O5/c1-25(2)35-32-22-28(23-37(42)34(20-26(3)36(37)41)38(32,43)27(4)21-33(35)40)24-44-39(29-14-8-5-9-15-29,30-16-10-6-11-17-30)31-18-12-7-13-19-31/h5-20,22,27,32,34-35,42-43H,1,21,23-24H2,2-4H3/t27-,32+,34-,35+,37-,38-/m1/s1. The molecule has 1 fully saturated rings. The number of ketones is 2. The zero-order valence-electron chi connectivity index (χ0n) is 25.6. The van der Waals surface area contributed by atoms with Crippen molar-refractivity contribution in [1.29, 1.82) is 0 Å². The predicted molar refractivity (Wildman–Crippen MR) is 171 cm³/mol. The van der Waals surface area contributed by atoms with Gasteiger partial charge in [0.25, 0.3) is 0 Å². The van der Waals surface area contributed by atoms with Crippen molar-refractivity contribution < 1.29 is 24.5 Å². The molecule has 0 amide bonds. The molecule has 44 heavy (non-hydrogen) atoms. The second kappa shape index (κ2) is 11.2. The van der Waals surface area contributed by atoms with Crippen LogP contribution in [0.4, 0.5) is 0 Å². The Balaban J connectivity index is 1.52. The Morgan fingerprint density at radius 3 is 1.86 bits per heavy atom. The summed E-state index contributed by atoms with van der Waals surface area (Å²) in [4.78, 5) is 27.1. The molecule has 0 aliphatic heterocycles. The Kier molecular flexibility index (Phi) is 7.69. The van der Waals surface area contributed by atoms with Crippen LogP contribution < -0.4 is 0 Å². The molecule has 3 aromatic carbocycles. The van der Waals surface area contributed by atoms with Gasteiger partial charge in [-0.05, 0) is 47.6 Å². The Morgan fingerprint density at radius 2 is 1.39 bits per heavy atom. The smallest absolute Gasteiger partial charge is 0.190 e. The van der Waals surface area contributed by atoms with Gasteiger partial charge in [-0.3, -0.25) is 9.59 Å². The lowest BCUT2D eigenvalue weighted by Gasteiger charge is -2.51. The second-order valence-corrected chi connectivity index (χ2v) is 13.0. The third-order valence-electron chi connectivity index (χ3n) is 10.2. The minimum absolute atomic E-state index is 0.0125. The summed E-state index contributed by atoms with van der Waals surface area (Å²) in [5.41, 5.74) is 0.117. The number of rotatable bonds is 7. The van der Waals surface area contributed by atoms with Crippen LogP contribution in [-0.4, -0.2) is 39.6 Å². The highest BCUT2D eigenvalue weighted by atomic mass is 16.5. The molecule has 3 aliphatic carbocycles. The number of hydrogen-bond acceptors (Lipinski definition) is 5. The monoisotopic (exact) mass is 588 g/mol. The van der Waals surface area contributed by atoms with E-state index in [0.29, 0.717) is 16.7 Å². The van der Waals surface area contributed by atoms with E-state index < -0.39 is 40.5 Å². The lowest BCUT2D eigenvalue weighted by molar-refractivity contribution is -0.176. The van der Waals surface area contributed by atoms with Crippen LogP contribution >= 0.6 is 0 Å². The number of carbonyl (C=O) groups is 2. The number of Topliss-reactive ketones (excluding diaryl/α,β-unsaturated/α-hetero) is 2. The largest absolute Gasteiger partial charge is 0.388 e. The first-order valence-corrected chi connectivity index (χ1v) is 15.4. The van der Waals surface area contributed by atoms with Gasteiger partial charge in [-0.15, -0.1) is 0 Å². The van der Waals surface area contributed by atoms with Gasteiger partial charge in [0, 0.05) is 30.6 Å². The van der Waals surface area contributed by atoms with Crippen LogP contribution in [-0.2, 0) is 19.9 Å². The number of carbonyl (C=O) groups excluding carboxylic acids is 2. The Morgan fingerprint density at radius 1 is 0.886 bits per heavy atom. The number of hydrogen-bond donors (Lipinski definition) is 2. The van der Waals surface area contributed by atoms with Gasteiger partial charge in [0.2, 0.25) is 0 Å². The van der Waals surface area contributed by atoms with Gasteiger partial charge in [-0.25, -0.2) is 0 Å². The van der Waals surface area contributed by atoms with Crippen molar-refractivity contribution in [2.24, 2.45) is 23.7 Å². The van der Waals surface area contributed by atoms with E-state index in [1.807, 2.05) is 111 Å². The highest BCUT2D eigenvalue weighted by Crippen LogP contribution is 2.56. The molecule has 0 bridgehead atoms. The number of fused-ring (bicyclic) bond motifs is 3. The summed E-state index contributed by atoms with van der Waals surface area (Å²) in [5, 5.41) is 24.8. The molecule has 0 spiro atoms. The molecule has 3 aliphatic rings. The summed E-state index contributed by atoms with van der Waals surface area (Å²) in [7, 11) is 0. The second-order valence-electron chi connectivity index (χ2n) is 13.0. The Labute approximate surface area is 259 Å². The quantitative estimate of drug-likeness (QED) is 0.248. The molecule has 0 unspecified atom stereocenters. The molecule has 5 nitrogen and oxygen atoms in total. The van der Waals surface area contributed by atoms with Crippen LogP contribution in [0.2, 0.25) is 0 Å². The fourth-order valence-electron chi connectivity index (χ4n) is 8.09. The maximum Gasteiger partial charge on any atom is 0.190 e. The number of aliphatic hydroxyl groups is 2. The third kappa shape index (κ3) is 4.57. The maximum atomic E-state index is 13.6. The van der Waals surface area contributed by atoms with Gasteiger partial charge < -0.3 is 14.9 Å². The molecule has 2 N–H and O–H groups in total. The van der Waals surface area contributed by atoms with Crippen molar-refractivity contribution >= 4 is 11.6 Å². The lowest BCUT2D eigenvalue weighted by atomic mass is 9.56. The van der Waals surface area contributed by atoms with Crippen LogP contribution in [0.15, 0.2) is 126 Å². The minimum Gasteiger partial charge on any atom is -0.388 e. The lowest BCUT2D eigenvalue weighted by Crippen LogP contribution is -2.62. The van der Waals surface area contributed by atoms with E-state index in [-0.39, 0.29) is 31.0 Å². The van der Waals surface area contributed by atoms with E-state index in [1.165, 1.54) is 0 Å². The van der Waals surface area contributed by atoms with E-state index in [4.69, 9.17) is 4.74 Å². The SMILES string of the molecule is C=C(C)[C@@H]1C(=O)C[C@@H](C)[C@@]2(O)[C@H]1C=C(COC(c1ccccc1)(c1ccccc1)c1ccccc1)C[C@]1(O)C(=O)C(C)=C[C@@H]21. The first-order chi connectivity index (χ1) is 21.0. The van der Waals surface area contributed by atoms with E-state index in [9.17, 15) is 19.8 Å². The van der Waals surface area contributed by atoms with Crippen molar-refractivity contribution in [3.8, 4) is 0 Å². The van der Waals surface area contributed by atoms with Crippen LogP contribution in [0.25, 0.3) is 0 Å². The van der Waals surface area contributed by atoms with Gasteiger partial charge >= 0.3 is 0 Å². The number of allylic oxidation sites excluding steroid dienone is 1. The van der Waals surface area contributed by atoms with Crippen molar-refractivity contribution in [3.05, 3.63) is 143 Å². The van der Waals surface area contributed by atoms with Crippen LogP contribution in [0, 0.1) is 23.7 Å². The summed E-state index contributed by atoms with van der Waals surface area (Å²) in [5.74, 6) is -3.04. The van der Waals surface area contributed by atoms with Crippen molar-refractivity contribution in [3.63, 3.8) is 0 Å². The molecule has 0 radical (unpaired) electrons. The summed E-state index contributed by atoms with van der Waals surface area (Å²) in [6, 6.07) is 30.0. The molecule has 5 heteroatoms. The maximum absolute atomic E-state index is 13.6. The first kappa shape index (κ1) is 30.1. The molecule has 6 atom stereocenters. The number of ether oxygens (including phenoxy) is 1. The van der Waals surface area contributed by atoms with E-state index in [2.05, 4.69) is 6.58 Å². The molecule has 226 valence electrons. The fourth-order valence-corrected chi connectivity index (χ4v) is 8.09. The zero-order valence-corrected chi connectivity index (χ0v) is 25.6. The molecular weight excluding hydrogens is 548 g/mol. The topological polar surface area (TPSA) is 83.8 Å². The molecule has 0 heterocycles. The molecule has 0 aromatic heterocycles. The molecule has 1 saturated carbocycles. The number of benzene rings is 3. The summed E-state index contributed by atoms with van der Waals surface area (Å²) < 4.78 is 7.10. The van der Waals surface area contributed by atoms with Gasteiger partial charge in [0.1, 0.15) is 17.0 Å². The Hall–Kier alpha value is -3.90. The Bertz CT molecular complexity index is 1540. The van der Waals surface area contributed by atoms with Crippen molar-refractivity contribution in [2.75, 3.05) is 6.61 Å². The van der Waals surface area contributed by atoms with Gasteiger partial charge in [0.05, 0.1) is 12.2 Å². The normalized spacial score (nSPS) is 30.1. The fraction of sp³-hybridized carbons (Fsp3) is 0.333. The van der Waals surface area contributed by atoms with Gasteiger partial charge in [-0.1, -0.05) is 122 Å². The van der Waals surface area contributed by atoms with E-state index in [1.54, 1.807) is 13.0 Å². The predicted octanol–water partition coefficient (Wildman–Crippen LogP) is 6.35. The third-order valence-corrected chi connectivity index (χ3v) is 10.2. The highest BCUT2D eigenvalue weighted by molar-refractivity contribution is 6.05. The summed E-state index contributed by atoms with van der Waals surface area (Å²) in [6.07, 6.45) is 3.76. The summed E-state index contributed by atoms with van der Waals surface area (Å²) >= 11 is 0. The molecular formula is C39H40O5. The van der Waals surface area contributed by atoms with Crippen molar-refractivity contribution in [1.82, 2.24) is 0 Å². The molecule has 0 saturated heterocycles. The minimum atomic E-state index is -1.86.